The van der Waals surface area contributed by atoms with Crippen molar-refractivity contribution in [2.24, 2.45) is 0 Å². The molecule has 0 spiro atoms. The number of para-hydroxylation sites is 2. The van der Waals surface area contributed by atoms with Crippen LogP contribution < -0.4 is 16.8 Å². The Morgan fingerprint density at radius 2 is 1.78 bits per heavy atom. The third-order valence-corrected chi connectivity index (χ3v) is 5.49. The first-order valence-electron chi connectivity index (χ1n) is 8.38. The number of nitrogens with one attached hydrogen (secondary N) is 1. The van der Waals surface area contributed by atoms with Crippen LogP contribution in [0.25, 0.3) is 11.2 Å². The molecule has 132 valence electrons. The van der Waals surface area contributed by atoms with Gasteiger partial charge in [-0.15, -0.1) is 0 Å². The zero-order chi connectivity index (χ0) is 18.4. The summed E-state index contributed by atoms with van der Waals surface area (Å²) in [6, 6.07) is 14.5. The van der Waals surface area contributed by atoms with Crippen LogP contribution in [0.2, 0.25) is 0 Å². The van der Waals surface area contributed by atoms with Gasteiger partial charge in [0.1, 0.15) is 0 Å². The summed E-state index contributed by atoms with van der Waals surface area (Å²) < 4.78 is 0. The first kappa shape index (κ1) is 15.8. The summed E-state index contributed by atoms with van der Waals surface area (Å²) in [6.45, 7) is 0. The predicted molar refractivity (Wildman–Crippen MR) is 107 cm³/mol. The molecule has 0 fully saturated rings. The van der Waals surface area contributed by atoms with Crippen LogP contribution >= 0.6 is 11.8 Å². The van der Waals surface area contributed by atoms with Crippen LogP contribution in [-0.2, 0) is 6.42 Å². The molecule has 4 aromatic rings. The highest BCUT2D eigenvalue weighted by molar-refractivity contribution is 7.99. The van der Waals surface area contributed by atoms with E-state index in [-0.39, 0.29) is 11.8 Å². The fourth-order valence-corrected chi connectivity index (χ4v) is 4.17. The minimum atomic E-state index is 0.0964. The largest absolute Gasteiger partial charge is 0.382 e. The van der Waals surface area contributed by atoms with Gasteiger partial charge in [-0.1, -0.05) is 36.0 Å². The van der Waals surface area contributed by atoms with E-state index >= 15 is 0 Å². The number of hydrogen-bond acceptors (Lipinski definition) is 8. The smallest absolute Gasteiger partial charge is 0.224 e. The molecule has 0 saturated carbocycles. The van der Waals surface area contributed by atoms with Gasteiger partial charge in [0, 0.05) is 16.2 Å². The number of aromatic nitrogens is 4. The van der Waals surface area contributed by atoms with Gasteiger partial charge >= 0.3 is 0 Å². The number of nitrogens with two attached hydrogens (primary N) is 2. The molecule has 0 radical (unpaired) electrons. The fourth-order valence-electron chi connectivity index (χ4n) is 3.13. The van der Waals surface area contributed by atoms with Crippen molar-refractivity contribution in [3.8, 4) is 0 Å². The number of anilines is 4. The second-order valence-corrected chi connectivity index (χ2v) is 7.27. The molecular formula is C19H15N7S. The van der Waals surface area contributed by atoms with Crippen molar-refractivity contribution in [3.63, 3.8) is 0 Å². The van der Waals surface area contributed by atoms with Gasteiger partial charge < -0.3 is 16.8 Å². The molecule has 0 atom stereocenters. The Balaban J connectivity index is 1.53. The van der Waals surface area contributed by atoms with Crippen molar-refractivity contribution in [2.75, 3.05) is 16.8 Å². The molecule has 8 heteroatoms. The van der Waals surface area contributed by atoms with Crippen LogP contribution in [0.5, 0.6) is 0 Å². The summed E-state index contributed by atoms with van der Waals surface area (Å²) in [5.74, 6) is 0.337. The first-order chi connectivity index (χ1) is 13.2. The lowest BCUT2D eigenvalue weighted by molar-refractivity contribution is 1.04. The minimum absolute atomic E-state index is 0.0964. The highest BCUT2D eigenvalue weighted by Gasteiger charge is 2.18. The van der Waals surface area contributed by atoms with Gasteiger partial charge in [-0.3, -0.25) is 0 Å². The average Bonchev–Trinajstić information content (AvgIpc) is 2.67. The minimum Gasteiger partial charge on any atom is -0.382 e. The zero-order valence-corrected chi connectivity index (χ0v) is 15.0. The van der Waals surface area contributed by atoms with Crippen molar-refractivity contribution in [1.82, 2.24) is 19.9 Å². The molecule has 0 saturated heterocycles. The second-order valence-electron chi connectivity index (χ2n) is 6.19. The average molecular weight is 373 g/mol. The standard InChI is InChI=1S/C19H15N7S/c20-17-16-18(26-19(21)25-17)22-9-11(23-16)8-10-4-3-7-14-15(10)24-12-5-1-2-6-13(12)27-14/h1-7,9,24H,8H2,(H4,20,21,22,25,26). The van der Waals surface area contributed by atoms with Gasteiger partial charge in [0.05, 0.1) is 23.3 Å². The lowest BCUT2D eigenvalue weighted by Gasteiger charge is -2.23. The molecule has 0 amide bonds. The van der Waals surface area contributed by atoms with Crippen molar-refractivity contribution in [2.45, 2.75) is 16.2 Å². The zero-order valence-electron chi connectivity index (χ0n) is 14.2. The maximum Gasteiger partial charge on any atom is 0.224 e. The molecule has 2 aromatic heterocycles. The van der Waals surface area contributed by atoms with Gasteiger partial charge in [0.25, 0.3) is 0 Å². The molecule has 0 unspecified atom stereocenters. The fraction of sp³-hybridized carbons (Fsp3) is 0.0526. The first-order valence-corrected chi connectivity index (χ1v) is 9.19. The van der Waals surface area contributed by atoms with E-state index in [0.717, 1.165) is 22.6 Å². The number of rotatable bonds is 2. The van der Waals surface area contributed by atoms with E-state index in [4.69, 9.17) is 11.5 Å². The van der Waals surface area contributed by atoms with Gasteiger partial charge in [-0.05, 0) is 23.8 Å². The highest BCUT2D eigenvalue weighted by Crippen LogP contribution is 2.45. The van der Waals surface area contributed by atoms with Crippen LogP contribution in [-0.4, -0.2) is 19.9 Å². The van der Waals surface area contributed by atoms with Gasteiger partial charge in [-0.2, -0.15) is 9.97 Å². The predicted octanol–water partition coefficient (Wildman–Crippen LogP) is 3.38. The van der Waals surface area contributed by atoms with Gasteiger partial charge in [-0.25, -0.2) is 9.97 Å². The SMILES string of the molecule is Nc1nc(N)c2nc(Cc3cccc4c3Nc3ccccc3S4)cnc2n1. The van der Waals surface area contributed by atoms with E-state index in [1.165, 1.54) is 9.79 Å². The Morgan fingerprint density at radius 1 is 0.926 bits per heavy atom. The summed E-state index contributed by atoms with van der Waals surface area (Å²) in [5, 5.41) is 3.55. The molecule has 5 rings (SSSR count). The Labute approximate surface area is 159 Å². The lowest BCUT2D eigenvalue weighted by Crippen LogP contribution is -2.06. The van der Waals surface area contributed by atoms with Crippen LogP contribution in [0.1, 0.15) is 11.3 Å². The maximum atomic E-state index is 5.93. The summed E-state index contributed by atoms with van der Waals surface area (Å²) >= 11 is 1.76. The molecular weight excluding hydrogens is 358 g/mol. The van der Waals surface area contributed by atoms with Gasteiger partial charge in [0.2, 0.25) is 5.95 Å². The summed E-state index contributed by atoms with van der Waals surface area (Å²) in [5.41, 5.74) is 16.6. The van der Waals surface area contributed by atoms with Crippen molar-refractivity contribution in [3.05, 3.63) is 59.9 Å². The van der Waals surface area contributed by atoms with E-state index in [2.05, 4.69) is 55.6 Å². The molecule has 0 bridgehead atoms. The van der Waals surface area contributed by atoms with Crippen LogP contribution in [0.3, 0.4) is 0 Å². The molecule has 3 heterocycles. The topological polar surface area (TPSA) is 116 Å². The quantitative estimate of drug-likeness (QED) is 0.431. The number of fused-ring (bicyclic) bond motifs is 3. The van der Waals surface area contributed by atoms with E-state index in [0.29, 0.717) is 17.6 Å². The normalized spacial score (nSPS) is 12.3. The van der Waals surface area contributed by atoms with Gasteiger partial charge in [0.15, 0.2) is 17.0 Å². The van der Waals surface area contributed by atoms with Crippen LogP contribution in [0.15, 0.2) is 58.5 Å². The van der Waals surface area contributed by atoms with Crippen LogP contribution in [0, 0.1) is 0 Å². The van der Waals surface area contributed by atoms with Crippen LogP contribution in [0.4, 0.5) is 23.1 Å². The third kappa shape index (κ3) is 2.80. The summed E-state index contributed by atoms with van der Waals surface area (Å²) in [4.78, 5) is 19.4. The maximum absolute atomic E-state index is 5.93. The monoisotopic (exact) mass is 373 g/mol. The second kappa shape index (κ2) is 6.10. The van der Waals surface area contributed by atoms with E-state index in [1.807, 2.05) is 12.1 Å². The number of hydrogen-bond donors (Lipinski definition) is 3. The molecule has 7 nitrogen and oxygen atoms in total. The molecule has 0 aliphatic carbocycles. The van der Waals surface area contributed by atoms with Crippen molar-refractivity contribution < 1.29 is 0 Å². The van der Waals surface area contributed by atoms with E-state index in [1.54, 1.807) is 18.0 Å². The van der Waals surface area contributed by atoms with E-state index < -0.39 is 0 Å². The lowest BCUT2D eigenvalue weighted by atomic mass is 10.1. The molecule has 2 aromatic carbocycles. The Bertz CT molecular complexity index is 1190. The summed E-state index contributed by atoms with van der Waals surface area (Å²) in [7, 11) is 0. The molecule has 1 aliphatic rings. The highest BCUT2D eigenvalue weighted by atomic mass is 32.2. The Hall–Kier alpha value is -3.39. The molecule has 5 N–H and O–H groups in total. The Morgan fingerprint density at radius 3 is 2.70 bits per heavy atom. The number of nitrogen functional groups attached to an aromatic ring is 2. The van der Waals surface area contributed by atoms with Crippen molar-refractivity contribution in [1.29, 1.82) is 0 Å². The third-order valence-electron chi connectivity index (χ3n) is 4.35. The molecule has 1 aliphatic heterocycles. The number of benzene rings is 2. The van der Waals surface area contributed by atoms with Crippen molar-refractivity contribution >= 4 is 46.1 Å². The van der Waals surface area contributed by atoms with E-state index in [9.17, 15) is 0 Å². The Kier molecular flexibility index (Phi) is 3.58. The summed E-state index contributed by atoms with van der Waals surface area (Å²) in [6.07, 6.45) is 2.32. The molecule has 27 heavy (non-hydrogen) atoms. The number of nitrogens with zero attached hydrogens (tertiary/aromatic N) is 4.